The summed E-state index contributed by atoms with van der Waals surface area (Å²) >= 11 is 12.6. The SMILES string of the molecule is O=C1NC(=O)N(c2ccc(OCc3ccccc3)cc2)C(=O)/C1=C/c1cc(Cl)cc(Cl)c1OCc1ccccc1F. The van der Waals surface area contributed by atoms with E-state index in [1.165, 1.54) is 36.4 Å². The number of ether oxygens (including phenoxy) is 2. The van der Waals surface area contributed by atoms with Crippen LogP contribution in [0.25, 0.3) is 6.08 Å². The quantitative estimate of drug-likeness (QED) is 0.177. The van der Waals surface area contributed by atoms with Crippen LogP contribution in [0, 0.1) is 5.82 Å². The molecule has 1 aliphatic rings. The number of carbonyl (C=O) groups excluding carboxylic acids is 3. The van der Waals surface area contributed by atoms with Gasteiger partial charge >= 0.3 is 6.03 Å². The number of imide groups is 2. The van der Waals surface area contributed by atoms with Crippen LogP contribution in [0.15, 0.2) is 96.6 Å². The summed E-state index contributed by atoms with van der Waals surface area (Å²) in [5, 5.41) is 2.47. The van der Waals surface area contributed by atoms with Gasteiger partial charge in [-0.1, -0.05) is 71.7 Å². The molecule has 5 rings (SSSR count). The molecule has 1 aliphatic heterocycles. The lowest BCUT2D eigenvalue weighted by Crippen LogP contribution is -2.54. The topological polar surface area (TPSA) is 84.9 Å². The number of carbonyl (C=O) groups is 3. The van der Waals surface area contributed by atoms with Gasteiger partial charge in [0.25, 0.3) is 11.8 Å². The first-order valence-electron chi connectivity index (χ1n) is 12.3. The number of nitrogens with zero attached hydrogens (tertiary/aromatic N) is 1. The molecular weight excluding hydrogens is 570 g/mol. The van der Waals surface area contributed by atoms with Gasteiger partial charge in [-0.3, -0.25) is 14.9 Å². The molecule has 1 N–H and O–H groups in total. The van der Waals surface area contributed by atoms with Crippen molar-refractivity contribution in [3.05, 3.63) is 129 Å². The number of hydrogen-bond donors (Lipinski definition) is 1. The number of nitrogens with one attached hydrogen (secondary N) is 1. The highest BCUT2D eigenvalue weighted by atomic mass is 35.5. The number of amides is 4. The Morgan fingerprint density at radius 1 is 0.829 bits per heavy atom. The molecule has 206 valence electrons. The Labute approximate surface area is 244 Å². The highest BCUT2D eigenvalue weighted by molar-refractivity contribution is 6.40. The number of urea groups is 1. The highest BCUT2D eigenvalue weighted by Gasteiger charge is 2.37. The number of anilines is 1. The van der Waals surface area contributed by atoms with Crippen LogP contribution in [0.2, 0.25) is 10.0 Å². The molecule has 7 nitrogen and oxygen atoms in total. The van der Waals surface area contributed by atoms with E-state index in [9.17, 15) is 18.8 Å². The second-order valence-electron chi connectivity index (χ2n) is 8.91. The predicted octanol–water partition coefficient (Wildman–Crippen LogP) is 6.96. The number of rotatable bonds is 8. The maximum atomic E-state index is 14.1. The molecule has 4 aromatic rings. The van der Waals surface area contributed by atoms with Crippen molar-refractivity contribution in [1.82, 2.24) is 5.32 Å². The molecule has 0 spiro atoms. The summed E-state index contributed by atoms with van der Waals surface area (Å²) in [6, 6.07) is 23.9. The summed E-state index contributed by atoms with van der Waals surface area (Å²) in [5.41, 5.74) is 1.31. The van der Waals surface area contributed by atoms with Crippen molar-refractivity contribution < 1.29 is 28.2 Å². The van der Waals surface area contributed by atoms with Crippen LogP contribution in [-0.2, 0) is 22.8 Å². The fourth-order valence-electron chi connectivity index (χ4n) is 4.08. The summed E-state index contributed by atoms with van der Waals surface area (Å²) in [6.45, 7) is 0.169. The summed E-state index contributed by atoms with van der Waals surface area (Å²) in [7, 11) is 0. The van der Waals surface area contributed by atoms with Crippen molar-refractivity contribution in [2.45, 2.75) is 13.2 Å². The van der Waals surface area contributed by atoms with Crippen LogP contribution in [0.5, 0.6) is 11.5 Å². The van der Waals surface area contributed by atoms with E-state index in [0.717, 1.165) is 10.5 Å². The summed E-state index contributed by atoms with van der Waals surface area (Å²) in [4.78, 5) is 39.7. The average molecular weight is 591 g/mol. The fraction of sp³-hybridized carbons (Fsp3) is 0.0645. The molecule has 0 saturated carbocycles. The van der Waals surface area contributed by atoms with Crippen molar-refractivity contribution >= 4 is 52.8 Å². The minimum atomic E-state index is -0.907. The summed E-state index contributed by atoms with van der Waals surface area (Å²) in [5.74, 6) is -1.64. The largest absolute Gasteiger partial charge is 0.489 e. The van der Waals surface area contributed by atoms with E-state index in [-0.39, 0.29) is 44.8 Å². The van der Waals surface area contributed by atoms with Crippen molar-refractivity contribution in [1.29, 1.82) is 0 Å². The van der Waals surface area contributed by atoms with Crippen LogP contribution in [0.3, 0.4) is 0 Å². The van der Waals surface area contributed by atoms with Gasteiger partial charge in [0, 0.05) is 16.1 Å². The van der Waals surface area contributed by atoms with E-state index in [4.69, 9.17) is 32.7 Å². The number of halogens is 3. The predicted molar refractivity (Wildman–Crippen MR) is 153 cm³/mol. The zero-order valence-electron chi connectivity index (χ0n) is 21.3. The van der Waals surface area contributed by atoms with E-state index in [0.29, 0.717) is 12.4 Å². The Hall–Kier alpha value is -4.66. The maximum Gasteiger partial charge on any atom is 0.335 e. The van der Waals surface area contributed by atoms with Crippen molar-refractivity contribution in [2.24, 2.45) is 0 Å². The molecule has 41 heavy (non-hydrogen) atoms. The van der Waals surface area contributed by atoms with Crippen molar-refractivity contribution in [3.8, 4) is 11.5 Å². The van der Waals surface area contributed by atoms with Crippen LogP contribution >= 0.6 is 23.2 Å². The third kappa shape index (κ3) is 6.40. The first kappa shape index (κ1) is 27.9. The average Bonchev–Trinajstić information content (AvgIpc) is 2.95. The van der Waals surface area contributed by atoms with Gasteiger partial charge in [-0.25, -0.2) is 14.1 Å². The fourth-order valence-corrected chi connectivity index (χ4v) is 4.65. The molecule has 4 amide bonds. The van der Waals surface area contributed by atoms with E-state index in [2.05, 4.69) is 5.32 Å². The lowest BCUT2D eigenvalue weighted by Gasteiger charge is -2.26. The van der Waals surface area contributed by atoms with Gasteiger partial charge in [-0.05, 0) is 54.1 Å². The standard InChI is InChI=1S/C31H21Cl2FN2O5/c32-22-14-21(28(26(33)16-22)41-18-20-8-4-5-9-27(20)34)15-25-29(37)35-31(39)36(30(25)38)23-10-12-24(13-11-23)40-17-19-6-2-1-3-7-19/h1-16H,17-18H2,(H,35,37,39)/b25-15+. The number of hydrogen-bond acceptors (Lipinski definition) is 5. The Bertz CT molecular complexity index is 1660. The minimum absolute atomic E-state index is 0.0794. The van der Waals surface area contributed by atoms with E-state index in [1.54, 1.807) is 30.3 Å². The second kappa shape index (κ2) is 12.2. The highest BCUT2D eigenvalue weighted by Crippen LogP contribution is 2.35. The van der Waals surface area contributed by atoms with Gasteiger partial charge in [0.2, 0.25) is 0 Å². The van der Waals surface area contributed by atoms with E-state index in [1.807, 2.05) is 30.3 Å². The minimum Gasteiger partial charge on any atom is -0.489 e. The number of benzene rings is 4. The Morgan fingerprint density at radius 2 is 1.54 bits per heavy atom. The van der Waals surface area contributed by atoms with Gasteiger partial charge in [-0.15, -0.1) is 0 Å². The summed E-state index contributed by atoms with van der Waals surface area (Å²) in [6.07, 6.45) is 1.23. The molecule has 0 aliphatic carbocycles. The molecule has 1 saturated heterocycles. The lowest BCUT2D eigenvalue weighted by atomic mass is 10.1. The monoisotopic (exact) mass is 590 g/mol. The third-order valence-electron chi connectivity index (χ3n) is 6.11. The first-order valence-corrected chi connectivity index (χ1v) is 13.1. The van der Waals surface area contributed by atoms with Gasteiger partial charge in [-0.2, -0.15) is 0 Å². The van der Waals surface area contributed by atoms with Gasteiger partial charge in [0.1, 0.15) is 36.1 Å². The molecular formula is C31H21Cl2FN2O5. The molecule has 0 atom stereocenters. The Balaban J connectivity index is 1.40. The molecule has 0 bridgehead atoms. The van der Waals surface area contributed by atoms with Crippen molar-refractivity contribution in [2.75, 3.05) is 4.90 Å². The van der Waals surface area contributed by atoms with E-state index < -0.39 is 23.7 Å². The Morgan fingerprint density at radius 3 is 2.27 bits per heavy atom. The van der Waals surface area contributed by atoms with Crippen LogP contribution in [0.1, 0.15) is 16.7 Å². The zero-order valence-corrected chi connectivity index (χ0v) is 22.8. The zero-order chi connectivity index (χ0) is 28.9. The molecule has 0 aromatic heterocycles. The summed E-state index contributed by atoms with van der Waals surface area (Å²) < 4.78 is 25.7. The first-order chi connectivity index (χ1) is 19.8. The molecule has 4 aromatic carbocycles. The molecule has 1 heterocycles. The third-order valence-corrected chi connectivity index (χ3v) is 6.61. The van der Waals surface area contributed by atoms with Crippen LogP contribution in [-0.4, -0.2) is 17.8 Å². The molecule has 1 fully saturated rings. The van der Waals surface area contributed by atoms with Crippen LogP contribution in [0.4, 0.5) is 14.9 Å². The smallest absolute Gasteiger partial charge is 0.335 e. The normalized spacial score (nSPS) is 14.3. The maximum absolute atomic E-state index is 14.1. The molecule has 0 radical (unpaired) electrons. The lowest BCUT2D eigenvalue weighted by molar-refractivity contribution is -0.122. The molecule has 10 heteroatoms. The van der Waals surface area contributed by atoms with Gasteiger partial charge in [0.05, 0.1) is 10.7 Å². The van der Waals surface area contributed by atoms with Crippen molar-refractivity contribution in [3.63, 3.8) is 0 Å². The van der Waals surface area contributed by atoms with Gasteiger partial charge in [0.15, 0.2) is 0 Å². The number of barbiturate groups is 1. The van der Waals surface area contributed by atoms with Gasteiger partial charge < -0.3 is 9.47 Å². The van der Waals surface area contributed by atoms with E-state index >= 15 is 0 Å². The second-order valence-corrected chi connectivity index (χ2v) is 9.76. The Kier molecular flexibility index (Phi) is 8.33. The molecule has 0 unspecified atom stereocenters. The van der Waals surface area contributed by atoms with Crippen LogP contribution < -0.4 is 19.7 Å².